The molecule has 0 saturated carbocycles. The van der Waals surface area contributed by atoms with E-state index < -0.39 is 0 Å². The number of nitrogens with zero attached hydrogens (tertiary/aromatic N) is 1. The second kappa shape index (κ2) is 6.75. The highest BCUT2D eigenvalue weighted by atomic mass is 16.5. The zero-order chi connectivity index (χ0) is 14.4. The molecule has 1 aliphatic carbocycles. The second-order valence-corrected chi connectivity index (χ2v) is 4.71. The molecule has 2 rings (SSSR count). The Labute approximate surface area is 118 Å². The quantitative estimate of drug-likeness (QED) is 0.809. The van der Waals surface area contributed by atoms with Gasteiger partial charge in [0, 0.05) is 11.8 Å². The number of hydrazone groups is 1. The first kappa shape index (κ1) is 14.1. The van der Waals surface area contributed by atoms with Crippen molar-refractivity contribution in [2.45, 2.75) is 19.8 Å². The molecule has 0 heterocycles. The molecular weight excluding hydrogens is 254 g/mol. The molecule has 106 valence electrons. The lowest BCUT2D eigenvalue weighted by Gasteiger charge is -2.07. The van der Waals surface area contributed by atoms with Gasteiger partial charge in [0.2, 0.25) is 0 Å². The van der Waals surface area contributed by atoms with Crippen LogP contribution in [-0.2, 0) is 4.79 Å². The zero-order valence-electron chi connectivity index (χ0n) is 11.8. The van der Waals surface area contributed by atoms with E-state index in [1.807, 2.05) is 30.3 Å². The van der Waals surface area contributed by atoms with Crippen molar-refractivity contribution < 1.29 is 9.53 Å². The number of carbonyl (C=O) groups is 1. The molecule has 1 amide bonds. The van der Waals surface area contributed by atoms with E-state index in [2.05, 4.69) is 22.8 Å². The third kappa shape index (κ3) is 4.12. The Kier molecular flexibility index (Phi) is 4.76. The molecule has 2 N–H and O–H groups in total. The molecule has 20 heavy (non-hydrogen) atoms. The largest absolute Gasteiger partial charge is 0.497 e. The maximum Gasteiger partial charge on any atom is 0.259 e. The molecule has 0 aliphatic heterocycles. The predicted octanol–water partition coefficient (Wildman–Crippen LogP) is 2.32. The van der Waals surface area contributed by atoms with Gasteiger partial charge >= 0.3 is 0 Å². The van der Waals surface area contributed by atoms with Gasteiger partial charge in [-0.05, 0) is 38.0 Å². The van der Waals surface area contributed by atoms with E-state index in [1.165, 1.54) is 5.57 Å². The Morgan fingerprint density at radius 2 is 2.25 bits per heavy atom. The molecule has 1 aromatic rings. The molecule has 0 bridgehead atoms. The van der Waals surface area contributed by atoms with Crippen LogP contribution in [0.1, 0.15) is 19.8 Å². The maximum absolute atomic E-state index is 11.7. The summed E-state index contributed by atoms with van der Waals surface area (Å²) in [6, 6.07) is 7.43. The van der Waals surface area contributed by atoms with E-state index in [4.69, 9.17) is 4.74 Å². The van der Waals surface area contributed by atoms with Crippen LogP contribution in [0, 0.1) is 0 Å². The maximum atomic E-state index is 11.7. The van der Waals surface area contributed by atoms with Crippen molar-refractivity contribution in [2.75, 3.05) is 19.0 Å². The summed E-state index contributed by atoms with van der Waals surface area (Å²) in [4.78, 5) is 11.7. The lowest BCUT2D eigenvalue weighted by Crippen LogP contribution is -2.26. The third-order valence-corrected chi connectivity index (χ3v) is 3.04. The summed E-state index contributed by atoms with van der Waals surface area (Å²) in [6.07, 6.45) is 3.93. The number of hydrogen-bond acceptors (Lipinski definition) is 4. The SMILES string of the molecule is COc1cccc(NCC(=O)N/N=C2\C=C(C)CC2)c1. The average molecular weight is 273 g/mol. The standard InChI is InChI=1S/C15H19N3O2/c1-11-6-7-13(8-11)17-18-15(19)10-16-12-4-3-5-14(9-12)20-2/h3-5,8-9,16H,6-7,10H2,1-2H3,(H,18,19)/b17-13-. The van der Waals surface area contributed by atoms with Crippen LogP contribution >= 0.6 is 0 Å². The highest BCUT2D eigenvalue weighted by Gasteiger charge is 2.07. The van der Waals surface area contributed by atoms with Crippen LogP contribution in [0.5, 0.6) is 5.75 Å². The lowest BCUT2D eigenvalue weighted by atomic mass is 10.3. The number of amides is 1. The minimum absolute atomic E-state index is 0.168. The minimum atomic E-state index is -0.168. The molecule has 5 nitrogen and oxygen atoms in total. The normalized spacial score (nSPS) is 15.9. The highest BCUT2D eigenvalue weighted by Crippen LogP contribution is 2.16. The summed E-state index contributed by atoms with van der Waals surface area (Å²) in [5.74, 6) is 0.584. The summed E-state index contributed by atoms with van der Waals surface area (Å²) in [7, 11) is 1.61. The number of nitrogens with one attached hydrogen (secondary N) is 2. The minimum Gasteiger partial charge on any atom is -0.497 e. The number of methoxy groups -OCH3 is 1. The topological polar surface area (TPSA) is 62.7 Å². The van der Waals surface area contributed by atoms with Crippen LogP contribution in [0.3, 0.4) is 0 Å². The van der Waals surface area contributed by atoms with Gasteiger partial charge in [-0.25, -0.2) is 5.43 Å². The van der Waals surface area contributed by atoms with Gasteiger partial charge in [-0.1, -0.05) is 11.6 Å². The number of carbonyl (C=O) groups excluding carboxylic acids is 1. The van der Waals surface area contributed by atoms with Crippen LogP contribution in [0.4, 0.5) is 5.69 Å². The summed E-state index contributed by atoms with van der Waals surface area (Å²) < 4.78 is 5.12. The van der Waals surface area contributed by atoms with Crippen LogP contribution in [-0.4, -0.2) is 25.3 Å². The van der Waals surface area contributed by atoms with Gasteiger partial charge < -0.3 is 10.1 Å². The molecule has 1 aromatic carbocycles. The van der Waals surface area contributed by atoms with Gasteiger partial charge in [0.25, 0.3) is 5.91 Å². The lowest BCUT2D eigenvalue weighted by molar-refractivity contribution is -0.119. The highest BCUT2D eigenvalue weighted by molar-refractivity contribution is 5.98. The number of benzene rings is 1. The van der Waals surface area contributed by atoms with E-state index in [0.29, 0.717) is 0 Å². The van der Waals surface area contributed by atoms with Crippen molar-refractivity contribution in [3.05, 3.63) is 35.9 Å². The van der Waals surface area contributed by atoms with Crippen molar-refractivity contribution in [3.63, 3.8) is 0 Å². The fraction of sp³-hybridized carbons (Fsp3) is 0.333. The van der Waals surface area contributed by atoms with Crippen molar-refractivity contribution in [1.82, 2.24) is 5.43 Å². The first-order chi connectivity index (χ1) is 9.67. The number of allylic oxidation sites excluding steroid dienone is 2. The fourth-order valence-corrected chi connectivity index (χ4v) is 1.93. The summed E-state index contributed by atoms with van der Waals surface area (Å²) in [6.45, 7) is 2.24. The van der Waals surface area contributed by atoms with Crippen LogP contribution in [0.2, 0.25) is 0 Å². The number of ether oxygens (including phenoxy) is 1. The number of anilines is 1. The monoisotopic (exact) mass is 273 g/mol. The number of hydrogen-bond donors (Lipinski definition) is 2. The summed E-state index contributed by atoms with van der Waals surface area (Å²) in [5, 5.41) is 7.12. The first-order valence-electron chi connectivity index (χ1n) is 6.58. The van der Waals surface area contributed by atoms with Crippen LogP contribution in [0.15, 0.2) is 41.0 Å². The van der Waals surface area contributed by atoms with Gasteiger partial charge in [-0.15, -0.1) is 0 Å². The molecule has 0 unspecified atom stereocenters. The Morgan fingerprint density at radius 3 is 2.95 bits per heavy atom. The van der Waals surface area contributed by atoms with Crippen molar-refractivity contribution in [1.29, 1.82) is 0 Å². The van der Waals surface area contributed by atoms with E-state index in [9.17, 15) is 4.79 Å². The van der Waals surface area contributed by atoms with Crippen molar-refractivity contribution in [3.8, 4) is 5.75 Å². The Hall–Kier alpha value is -2.30. The van der Waals surface area contributed by atoms with Crippen LogP contribution < -0.4 is 15.5 Å². The van der Waals surface area contributed by atoms with E-state index in [1.54, 1.807) is 7.11 Å². The predicted molar refractivity (Wildman–Crippen MR) is 80.1 cm³/mol. The fourth-order valence-electron chi connectivity index (χ4n) is 1.93. The van der Waals surface area contributed by atoms with Crippen LogP contribution in [0.25, 0.3) is 0 Å². The van der Waals surface area contributed by atoms with Gasteiger partial charge in [-0.3, -0.25) is 4.79 Å². The Bertz CT molecular complexity index is 550. The first-order valence-corrected chi connectivity index (χ1v) is 6.58. The van der Waals surface area contributed by atoms with Crippen molar-refractivity contribution in [2.24, 2.45) is 5.10 Å². The summed E-state index contributed by atoms with van der Waals surface area (Å²) >= 11 is 0. The van der Waals surface area contributed by atoms with Crippen molar-refractivity contribution >= 4 is 17.3 Å². The van der Waals surface area contributed by atoms with Gasteiger partial charge in [0.15, 0.2) is 0 Å². The molecule has 0 saturated heterocycles. The van der Waals surface area contributed by atoms with Gasteiger partial charge in [0.1, 0.15) is 5.75 Å². The molecule has 0 spiro atoms. The zero-order valence-corrected chi connectivity index (χ0v) is 11.8. The van der Waals surface area contributed by atoms with Gasteiger partial charge in [-0.2, -0.15) is 5.10 Å². The molecule has 0 aromatic heterocycles. The van der Waals surface area contributed by atoms with E-state index in [-0.39, 0.29) is 12.5 Å². The number of rotatable bonds is 5. The average Bonchev–Trinajstić information content (AvgIpc) is 2.89. The summed E-state index contributed by atoms with van der Waals surface area (Å²) in [5.41, 5.74) is 5.62. The molecule has 0 fully saturated rings. The second-order valence-electron chi connectivity index (χ2n) is 4.71. The van der Waals surface area contributed by atoms with E-state index in [0.717, 1.165) is 30.0 Å². The van der Waals surface area contributed by atoms with E-state index >= 15 is 0 Å². The van der Waals surface area contributed by atoms with Gasteiger partial charge in [0.05, 0.1) is 19.4 Å². The smallest absolute Gasteiger partial charge is 0.259 e. The molecule has 0 atom stereocenters. The molecular formula is C15H19N3O2. The Morgan fingerprint density at radius 1 is 1.40 bits per heavy atom. The molecule has 0 radical (unpaired) electrons. The third-order valence-electron chi connectivity index (χ3n) is 3.04. The Balaban J connectivity index is 1.80. The molecule has 5 heteroatoms. The molecule has 1 aliphatic rings.